The van der Waals surface area contributed by atoms with Crippen LogP contribution in [0.3, 0.4) is 0 Å². The Balaban J connectivity index is 1.24. The van der Waals surface area contributed by atoms with Gasteiger partial charge in [0.05, 0.1) is 10.6 Å². The molecule has 0 saturated carbocycles. The van der Waals surface area contributed by atoms with Crippen LogP contribution in [-0.2, 0) is 0 Å². The standard InChI is InChI=1S/C22H29N5OS/c28-22(27-14-12-26(13-15-27)20-6-2-3-9-23-20)19-7-8-21(24-18-19)29-17-16-25-10-4-1-5-11-25/h2-3,6-9,18H,1,4-5,10-17H2. The maximum absolute atomic E-state index is 12.8. The maximum atomic E-state index is 12.8. The van der Waals surface area contributed by atoms with Crippen LogP contribution in [0.5, 0.6) is 0 Å². The van der Waals surface area contributed by atoms with Gasteiger partial charge in [-0.25, -0.2) is 9.97 Å². The number of aromatic nitrogens is 2. The summed E-state index contributed by atoms with van der Waals surface area (Å²) in [5.41, 5.74) is 0.677. The molecule has 0 atom stereocenters. The van der Waals surface area contributed by atoms with Crippen molar-refractivity contribution in [1.82, 2.24) is 19.8 Å². The van der Waals surface area contributed by atoms with Crippen LogP contribution in [0.2, 0.25) is 0 Å². The minimum atomic E-state index is 0.0723. The summed E-state index contributed by atoms with van der Waals surface area (Å²) in [7, 11) is 0. The second-order valence-electron chi connectivity index (χ2n) is 7.60. The Morgan fingerprint density at radius 1 is 0.931 bits per heavy atom. The van der Waals surface area contributed by atoms with Gasteiger partial charge in [0.15, 0.2) is 0 Å². The number of anilines is 1. The van der Waals surface area contributed by atoms with Crippen molar-refractivity contribution in [3.05, 3.63) is 48.3 Å². The van der Waals surface area contributed by atoms with Crippen LogP contribution in [0, 0.1) is 0 Å². The summed E-state index contributed by atoms with van der Waals surface area (Å²) < 4.78 is 0. The summed E-state index contributed by atoms with van der Waals surface area (Å²) in [4.78, 5) is 28.4. The van der Waals surface area contributed by atoms with Crippen molar-refractivity contribution in [2.24, 2.45) is 0 Å². The molecule has 4 rings (SSSR count). The smallest absolute Gasteiger partial charge is 0.255 e. The second kappa shape index (κ2) is 10.1. The number of pyridine rings is 2. The van der Waals surface area contributed by atoms with Gasteiger partial charge in [-0.3, -0.25) is 4.79 Å². The van der Waals surface area contributed by atoms with E-state index in [9.17, 15) is 4.79 Å². The van der Waals surface area contributed by atoms with Gasteiger partial charge in [-0.1, -0.05) is 12.5 Å². The number of amides is 1. The predicted molar refractivity (Wildman–Crippen MR) is 118 cm³/mol. The number of likely N-dealkylation sites (tertiary alicyclic amines) is 1. The van der Waals surface area contributed by atoms with Crippen LogP contribution in [0.4, 0.5) is 5.82 Å². The monoisotopic (exact) mass is 411 g/mol. The summed E-state index contributed by atoms with van der Waals surface area (Å²) in [6.45, 7) is 6.61. The van der Waals surface area contributed by atoms with Crippen molar-refractivity contribution in [3.63, 3.8) is 0 Å². The molecule has 0 unspecified atom stereocenters. The van der Waals surface area contributed by atoms with Crippen LogP contribution in [0.15, 0.2) is 47.8 Å². The highest BCUT2D eigenvalue weighted by atomic mass is 32.2. The van der Waals surface area contributed by atoms with Crippen molar-refractivity contribution >= 4 is 23.5 Å². The molecule has 0 spiro atoms. The van der Waals surface area contributed by atoms with Crippen molar-refractivity contribution in [2.75, 3.05) is 56.5 Å². The fraction of sp³-hybridized carbons (Fsp3) is 0.500. The van der Waals surface area contributed by atoms with Gasteiger partial charge in [0.2, 0.25) is 0 Å². The van der Waals surface area contributed by atoms with E-state index in [0.29, 0.717) is 18.7 Å². The first-order valence-corrected chi connectivity index (χ1v) is 11.5. The molecular weight excluding hydrogens is 382 g/mol. The normalized spacial score (nSPS) is 18.1. The SMILES string of the molecule is O=C(c1ccc(SCCN2CCCCC2)nc1)N1CCN(c2ccccn2)CC1. The lowest BCUT2D eigenvalue weighted by molar-refractivity contribution is 0.0746. The topological polar surface area (TPSA) is 52.6 Å². The Morgan fingerprint density at radius 2 is 1.76 bits per heavy atom. The van der Waals surface area contributed by atoms with Crippen LogP contribution in [0.25, 0.3) is 0 Å². The first kappa shape index (κ1) is 20.2. The lowest BCUT2D eigenvalue weighted by Gasteiger charge is -2.35. The van der Waals surface area contributed by atoms with E-state index in [1.165, 1.54) is 32.4 Å². The molecule has 2 aliphatic rings. The van der Waals surface area contributed by atoms with Gasteiger partial charge in [-0.15, -0.1) is 11.8 Å². The second-order valence-corrected chi connectivity index (χ2v) is 8.72. The van der Waals surface area contributed by atoms with Gasteiger partial charge in [-0.2, -0.15) is 0 Å². The van der Waals surface area contributed by atoms with Crippen LogP contribution < -0.4 is 4.90 Å². The van der Waals surface area contributed by atoms with E-state index in [4.69, 9.17) is 0 Å². The average Bonchev–Trinajstić information content (AvgIpc) is 2.80. The molecule has 154 valence electrons. The number of rotatable bonds is 6. The van der Waals surface area contributed by atoms with Crippen LogP contribution in [0.1, 0.15) is 29.6 Å². The Morgan fingerprint density at radius 3 is 2.45 bits per heavy atom. The van der Waals surface area contributed by atoms with Gasteiger partial charge >= 0.3 is 0 Å². The third-order valence-electron chi connectivity index (χ3n) is 5.63. The number of carbonyl (C=O) groups excluding carboxylic acids is 1. The highest BCUT2D eigenvalue weighted by Crippen LogP contribution is 2.18. The van der Waals surface area contributed by atoms with Crippen molar-refractivity contribution in [3.8, 4) is 0 Å². The highest BCUT2D eigenvalue weighted by molar-refractivity contribution is 7.99. The molecule has 7 heteroatoms. The van der Waals surface area contributed by atoms with E-state index in [2.05, 4.69) is 19.8 Å². The molecule has 2 fully saturated rings. The molecule has 4 heterocycles. The van der Waals surface area contributed by atoms with E-state index < -0.39 is 0 Å². The Bertz CT molecular complexity index is 772. The van der Waals surface area contributed by atoms with E-state index in [1.807, 2.05) is 41.4 Å². The number of piperazine rings is 1. The van der Waals surface area contributed by atoms with E-state index in [1.54, 1.807) is 18.0 Å². The predicted octanol–water partition coefficient (Wildman–Crippen LogP) is 3.02. The molecule has 29 heavy (non-hydrogen) atoms. The highest BCUT2D eigenvalue weighted by Gasteiger charge is 2.23. The fourth-order valence-corrected chi connectivity index (χ4v) is 4.77. The van der Waals surface area contributed by atoms with Gasteiger partial charge in [0.25, 0.3) is 5.91 Å². The van der Waals surface area contributed by atoms with Crippen LogP contribution in [-0.4, -0.2) is 77.2 Å². The molecule has 1 amide bonds. The third kappa shape index (κ3) is 5.48. The molecule has 2 saturated heterocycles. The number of hydrogen-bond acceptors (Lipinski definition) is 6. The third-order valence-corrected chi connectivity index (χ3v) is 6.55. The van der Waals surface area contributed by atoms with E-state index in [-0.39, 0.29) is 5.91 Å². The number of piperidine rings is 1. The summed E-state index contributed by atoms with van der Waals surface area (Å²) >= 11 is 1.78. The molecule has 2 aromatic heterocycles. The number of carbonyl (C=O) groups is 1. The molecule has 2 aromatic rings. The first-order valence-electron chi connectivity index (χ1n) is 10.6. The number of hydrogen-bond donors (Lipinski definition) is 0. The van der Waals surface area contributed by atoms with Gasteiger partial charge < -0.3 is 14.7 Å². The van der Waals surface area contributed by atoms with Gasteiger partial charge in [-0.05, 0) is 50.2 Å². The fourth-order valence-electron chi connectivity index (χ4n) is 3.92. The largest absolute Gasteiger partial charge is 0.353 e. The molecule has 0 aromatic carbocycles. The number of nitrogens with zero attached hydrogens (tertiary/aromatic N) is 5. The van der Waals surface area contributed by atoms with E-state index >= 15 is 0 Å². The van der Waals surface area contributed by atoms with E-state index in [0.717, 1.165) is 36.2 Å². The molecule has 0 radical (unpaired) electrons. The minimum Gasteiger partial charge on any atom is -0.353 e. The first-order chi connectivity index (χ1) is 14.3. The van der Waals surface area contributed by atoms with Gasteiger partial charge in [0.1, 0.15) is 5.82 Å². The Kier molecular flexibility index (Phi) is 7.00. The average molecular weight is 412 g/mol. The zero-order valence-electron chi connectivity index (χ0n) is 16.9. The van der Waals surface area contributed by atoms with Gasteiger partial charge in [0, 0.05) is 50.9 Å². The summed E-state index contributed by atoms with van der Waals surface area (Å²) in [5, 5.41) is 0.999. The summed E-state index contributed by atoms with van der Waals surface area (Å²) in [6, 6.07) is 9.84. The van der Waals surface area contributed by atoms with Crippen molar-refractivity contribution in [1.29, 1.82) is 0 Å². The van der Waals surface area contributed by atoms with Crippen molar-refractivity contribution < 1.29 is 4.79 Å². The lowest BCUT2D eigenvalue weighted by Crippen LogP contribution is -2.49. The zero-order valence-corrected chi connectivity index (χ0v) is 17.7. The minimum absolute atomic E-state index is 0.0723. The Labute approximate surface area is 177 Å². The maximum Gasteiger partial charge on any atom is 0.255 e. The summed E-state index contributed by atoms with van der Waals surface area (Å²) in [6.07, 6.45) is 7.58. The zero-order chi connectivity index (χ0) is 19.9. The van der Waals surface area contributed by atoms with Crippen LogP contribution >= 0.6 is 11.8 Å². The molecule has 6 nitrogen and oxygen atoms in total. The van der Waals surface area contributed by atoms with Crippen molar-refractivity contribution in [2.45, 2.75) is 24.3 Å². The molecule has 0 aliphatic carbocycles. The molecular formula is C22H29N5OS. The molecule has 2 aliphatic heterocycles. The molecule has 0 bridgehead atoms. The molecule has 0 N–H and O–H groups in total. The number of thioether (sulfide) groups is 1. The Hall–Kier alpha value is -2.12. The quantitative estimate of drug-likeness (QED) is 0.681. The summed E-state index contributed by atoms with van der Waals surface area (Å²) in [5.74, 6) is 2.10. The lowest BCUT2D eigenvalue weighted by atomic mass is 10.1.